The van der Waals surface area contributed by atoms with Crippen LogP contribution in [0.1, 0.15) is 11.3 Å². The average molecular weight is 305 g/mol. The Morgan fingerprint density at radius 1 is 1.45 bits per heavy atom. The van der Waals surface area contributed by atoms with Crippen LogP contribution in [0.2, 0.25) is 5.15 Å². The molecule has 0 amide bonds. The predicted molar refractivity (Wildman–Crippen MR) is 77.2 cm³/mol. The summed E-state index contributed by atoms with van der Waals surface area (Å²) < 4.78 is 7.56. The largest absolute Gasteiger partial charge is 0.378 e. The molecular formula is C13H9ClN4OS. The van der Waals surface area contributed by atoms with Crippen molar-refractivity contribution in [1.29, 1.82) is 5.26 Å². The molecule has 0 aliphatic carbocycles. The quantitative estimate of drug-likeness (QED) is 0.745. The third kappa shape index (κ3) is 2.06. The van der Waals surface area contributed by atoms with E-state index >= 15 is 0 Å². The molecule has 7 heteroatoms. The first-order chi connectivity index (χ1) is 9.74. The summed E-state index contributed by atoms with van der Waals surface area (Å²) in [5, 5.41) is 14.4. The first kappa shape index (κ1) is 13.1. The van der Waals surface area contributed by atoms with Gasteiger partial charge in [-0.2, -0.15) is 15.0 Å². The van der Waals surface area contributed by atoms with Crippen molar-refractivity contribution < 1.29 is 4.74 Å². The average Bonchev–Trinajstić information content (AvgIpc) is 3.00. The number of rotatable bonds is 3. The van der Waals surface area contributed by atoms with Crippen LogP contribution in [0.15, 0.2) is 24.3 Å². The Balaban J connectivity index is 2.16. The second-order valence-corrected chi connectivity index (χ2v) is 5.40. The second kappa shape index (κ2) is 5.21. The molecule has 0 saturated carbocycles. The Hall–Kier alpha value is -1.94. The van der Waals surface area contributed by atoms with Crippen molar-refractivity contribution in [2.75, 3.05) is 7.11 Å². The molecule has 0 aliphatic rings. The molecule has 0 N–H and O–H groups in total. The summed E-state index contributed by atoms with van der Waals surface area (Å²) >= 11 is 7.69. The van der Waals surface area contributed by atoms with Gasteiger partial charge in [0, 0.05) is 7.11 Å². The molecule has 0 fully saturated rings. The van der Waals surface area contributed by atoms with Crippen molar-refractivity contribution in [3.63, 3.8) is 0 Å². The van der Waals surface area contributed by atoms with Gasteiger partial charge in [-0.15, -0.1) is 0 Å². The van der Waals surface area contributed by atoms with Crippen molar-refractivity contribution >= 4 is 33.2 Å². The van der Waals surface area contributed by atoms with Gasteiger partial charge in [0.15, 0.2) is 5.15 Å². The molecule has 3 aromatic rings. The van der Waals surface area contributed by atoms with Crippen LogP contribution in [0, 0.1) is 11.3 Å². The molecule has 5 nitrogen and oxygen atoms in total. The SMILES string of the molecule is COCc1nn(-c2nc3ccccc3s2)c(Cl)c1C#N. The number of benzene rings is 1. The number of methoxy groups -OCH3 is 1. The molecule has 20 heavy (non-hydrogen) atoms. The van der Waals surface area contributed by atoms with Gasteiger partial charge in [0.05, 0.1) is 16.8 Å². The summed E-state index contributed by atoms with van der Waals surface area (Å²) in [5.74, 6) is 0. The summed E-state index contributed by atoms with van der Waals surface area (Å²) in [7, 11) is 1.55. The maximum atomic E-state index is 9.17. The highest BCUT2D eigenvalue weighted by Crippen LogP contribution is 2.29. The fourth-order valence-corrected chi connectivity index (χ4v) is 3.11. The van der Waals surface area contributed by atoms with Gasteiger partial charge in [-0.1, -0.05) is 35.1 Å². The topological polar surface area (TPSA) is 63.7 Å². The van der Waals surface area contributed by atoms with Crippen LogP contribution in [0.4, 0.5) is 0 Å². The Kier molecular flexibility index (Phi) is 3.40. The van der Waals surface area contributed by atoms with Gasteiger partial charge in [0.1, 0.15) is 17.3 Å². The van der Waals surface area contributed by atoms with Crippen molar-refractivity contribution in [3.8, 4) is 11.2 Å². The smallest absolute Gasteiger partial charge is 0.212 e. The summed E-state index contributed by atoms with van der Waals surface area (Å²) in [6.07, 6.45) is 0. The molecule has 2 heterocycles. The number of ether oxygens (including phenoxy) is 1. The molecule has 0 radical (unpaired) electrons. The molecule has 1 aromatic carbocycles. The van der Waals surface area contributed by atoms with Crippen LogP contribution in [0.3, 0.4) is 0 Å². The molecule has 0 spiro atoms. The Morgan fingerprint density at radius 3 is 2.95 bits per heavy atom. The van der Waals surface area contributed by atoms with Crippen molar-refractivity contribution in [1.82, 2.24) is 14.8 Å². The molecular weight excluding hydrogens is 296 g/mol. The zero-order valence-electron chi connectivity index (χ0n) is 10.5. The van der Waals surface area contributed by atoms with Gasteiger partial charge in [0.25, 0.3) is 0 Å². The molecule has 0 unspecified atom stereocenters. The van der Waals surface area contributed by atoms with Crippen LogP contribution >= 0.6 is 22.9 Å². The van der Waals surface area contributed by atoms with E-state index in [1.807, 2.05) is 24.3 Å². The van der Waals surface area contributed by atoms with Gasteiger partial charge in [-0.05, 0) is 12.1 Å². The van der Waals surface area contributed by atoms with E-state index in [4.69, 9.17) is 21.6 Å². The van der Waals surface area contributed by atoms with E-state index in [1.54, 1.807) is 7.11 Å². The second-order valence-electron chi connectivity index (χ2n) is 4.03. The fourth-order valence-electron chi connectivity index (χ4n) is 1.87. The maximum absolute atomic E-state index is 9.17. The summed E-state index contributed by atoms with van der Waals surface area (Å²) in [6.45, 7) is 0.237. The number of hydrogen-bond acceptors (Lipinski definition) is 5. The lowest BCUT2D eigenvalue weighted by atomic mass is 10.3. The van der Waals surface area contributed by atoms with E-state index in [0.717, 1.165) is 10.2 Å². The third-order valence-corrected chi connectivity index (χ3v) is 4.12. The summed E-state index contributed by atoms with van der Waals surface area (Å²) in [5.41, 5.74) is 1.72. The minimum Gasteiger partial charge on any atom is -0.378 e. The van der Waals surface area contributed by atoms with E-state index in [0.29, 0.717) is 16.4 Å². The summed E-state index contributed by atoms with van der Waals surface area (Å²) in [4.78, 5) is 4.48. The van der Waals surface area contributed by atoms with Gasteiger partial charge >= 0.3 is 0 Å². The van der Waals surface area contributed by atoms with Crippen LogP contribution in [0.5, 0.6) is 0 Å². The fraction of sp³-hybridized carbons (Fsp3) is 0.154. The number of nitrogens with zero attached hydrogens (tertiary/aromatic N) is 4. The monoisotopic (exact) mass is 304 g/mol. The molecule has 0 saturated heterocycles. The first-order valence-electron chi connectivity index (χ1n) is 5.77. The molecule has 2 aromatic heterocycles. The number of hydrogen-bond donors (Lipinski definition) is 0. The minimum atomic E-state index is 0.237. The van der Waals surface area contributed by atoms with Crippen LogP contribution in [0.25, 0.3) is 15.3 Å². The molecule has 0 aliphatic heterocycles. The van der Waals surface area contributed by atoms with E-state index in [-0.39, 0.29) is 11.8 Å². The molecule has 100 valence electrons. The van der Waals surface area contributed by atoms with Gasteiger partial charge < -0.3 is 4.74 Å². The normalized spacial score (nSPS) is 10.8. The third-order valence-electron chi connectivity index (χ3n) is 2.76. The van der Waals surface area contributed by atoms with Crippen LogP contribution in [-0.4, -0.2) is 21.9 Å². The maximum Gasteiger partial charge on any atom is 0.212 e. The number of fused-ring (bicyclic) bond motifs is 1. The number of thiazole rings is 1. The van der Waals surface area contributed by atoms with E-state index in [1.165, 1.54) is 16.0 Å². The minimum absolute atomic E-state index is 0.237. The summed E-state index contributed by atoms with van der Waals surface area (Å²) in [6, 6.07) is 9.83. The highest BCUT2D eigenvalue weighted by molar-refractivity contribution is 7.20. The lowest BCUT2D eigenvalue weighted by Crippen LogP contribution is -1.97. The Labute approximate surface area is 124 Å². The van der Waals surface area contributed by atoms with Crippen molar-refractivity contribution in [2.24, 2.45) is 0 Å². The zero-order valence-corrected chi connectivity index (χ0v) is 12.1. The Morgan fingerprint density at radius 2 is 2.25 bits per heavy atom. The van der Waals surface area contributed by atoms with Crippen LogP contribution in [-0.2, 0) is 11.3 Å². The number of aromatic nitrogens is 3. The Bertz CT molecular complexity index is 784. The van der Waals surface area contributed by atoms with Crippen LogP contribution < -0.4 is 0 Å². The molecule has 0 atom stereocenters. The predicted octanol–water partition coefficient (Wildman–Crippen LogP) is 3.15. The lowest BCUT2D eigenvalue weighted by molar-refractivity contribution is 0.181. The first-order valence-corrected chi connectivity index (χ1v) is 6.96. The van der Waals surface area contributed by atoms with E-state index in [2.05, 4.69) is 16.2 Å². The number of halogens is 1. The van der Waals surface area contributed by atoms with Crippen molar-refractivity contribution in [3.05, 3.63) is 40.7 Å². The zero-order chi connectivity index (χ0) is 14.1. The number of nitriles is 1. The molecule has 0 bridgehead atoms. The standard InChI is InChI=1S/C13H9ClN4OS/c1-19-7-10-8(6-15)12(14)18(17-10)13-16-9-4-2-3-5-11(9)20-13/h2-5H,7H2,1H3. The number of para-hydroxylation sites is 1. The molecule has 3 rings (SSSR count). The van der Waals surface area contributed by atoms with Gasteiger partial charge in [-0.25, -0.2) is 4.98 Å². The highest BCUT2D eigenvalue weighted by Gasteiger charge is 2.19. The van der Waals surface area contributed by atoms with Crippen molar-refractivity contribution in [2.45, 2.75) is 6.61 Å². The van der Waals surface area contributed by atoms with E-state index in [9.17, 15) is 0 Å². The van der Waals surface area contributed by atoms with E-state index < -0.39 is 0 Å². The lowest BCUT2D eigenvalue weighted by Gasteiger charge is -1.95. The van der Waals surface area contributed by atoms with Gasteiger partial charge in [0.2, 0.25) is 5.13 Å². The van der Waals surface area contributed by atoms with Gasteiger partial charge in [-0.3, -0.25) is 0 Å². The highest BCUT2D eigenvalue weighted by atomic mass is 35.5.